The number of carbonyl (C=O) groups excluding carboxylic acids is 1. The normalized spacial score (nSPS) is 10.4. The minimum Gasteiger partial charge on any atom is -0.363 e. The number of rotatable bonds is 4. The molecule has 0 aliphatic carbocycles. The molecule has 1 aromatic heterocycles. The van der Waals surface area contributed by atoms with Crippen LogP contribution in [0.5, 0.6) is 0 Å². The van der Waals surface area contributed by atoms with Gasteiger partial charge in [0.05, 0.1) is 0 Å². The predicted octanol–water partition coefficient (Wildman–Crippen LogP) is 3.58. The molecule has 0 fully saturated rings. The highest BCUT2D eigenvalue weighted by Crippen LogP contribution is 2.21. The fourth-order valence-corrected chi connectivity index (χ4v) is 2.30. The Hall–Kier alpha value is -2.88. The SMILES string of the molecule is Cc1cccc(CNC(=O)c2conc2-c2ccccc2)c1. The second kappa shape index (κ2) is 6.26. The Balaban J connectivity index is 1.75. The van der Waals surface area contributed by atoms with Crippen molar-refractivity contribution in [2.45, 2.75) is 13.5 Å². The van der Waals surface area contributed by atoms with Gasteiger partial charge in [-0.1, -0.05) is 65.3 Å². The van der Waals surface area contributed by atoms with E-state index in [1.165, 1.54) is 11.8 Å². The molecule has 1 amide bonds. The third-order valence-electron chi connectivity index (χ3n) is 3.40. The van der Waals surface area contributed by atoms with E-state index < -0.39 is 0 Å². The number of hydrogen-bond donors (Lipinski definition) is 1. The van der Waals surface area contributed by atoms with E-state index in [0.29, 0.717) is 17.8 Å². The second-order valence-electron chi connectivity index (χ2n) is 5.11. The molecule has 0 radical (unpaired) electrons. The number of benzene rings is 2. The third kappa shape index (κ3) is 3.06. The van der Waals surface area contributed by atoms with Crippen LogP contribution in [-0.2, 0) is 6.54 Å². The molecule has 4 heteroatoms. The van der Waals surface area contributed by atoms with Crippen molar-refractivity contribution in [3.63, 3.8) is 0 Å². The van der Waals surface area contributed by atoms with E-state index in [4.69, 9.17) is 4.52 Å². The van der Waals surface area contributed by atoms with Gasteiger partial charge in [-0.25, -0.2) is 0 Å². The van der Waals surface area contributed by atoms with Crippen molar-refractivity contribution >= 4 is 5.91 Å². The molecule has 4 nitrogen and oxygen atoms in total. The second-order valence-corrected chi connectivity index (χ2v) is 5.11. The van der Waals surface area contributed by atoms with Gasteiger partial charge in [0.15, 0.2) is 0 Å². The quantitative estimate of drug-likeness (QED) is 0.799. The van der Waals surface area contributed by atoms with Crippen molar-refractivity contribution in [1.29, 1.82) is 0 Å². The van der Waals surface area contributed by atoms with Gasteiger partial charge in [-0.05, 0) is 12.5 Å². The lowest BCUT2D eigenvalue weighted by atomic mass is 10.1. The molecule has 1 N–H and O–H groups in total. The lowest BCUT2D eigenvalue weighted by Crippen LogP contribution is -2.23. The van der Waals surface area contributed by atoms with Crippen molar-refractivity contribution in [2.75, 3.05) is 0 Å². The molecule has 0 aliphatic rings. The molecule has 0 saturated carbocycles. The molecular weight excluding hydrogens is 276 g/mol. The monoisotopic (exact) mass is 292 g/mol. The number of aryl methyl sites for hydroxylation is 1. The molecule has 0 saturated heterocycles. The molecule has 0 spiro atoms. The van der Waals surface area contributed by atoms with Gasteiger partial charge in [0.2, 0.25) is 0 Å². The average Bonchev–Trinajstić information content (AvgIpc) is 3.03. The summed E-state index contributed by atoms with van der Waals surface area (Å²) in [7, 11) is 0. The lowest BCUT2D eigenvalue weighted by molar-refractivity contribution is 0.0951. The number of carbonyl (C=O) groups is 1. The van der Waals surface area contributed by atoms with Crippen LogP contribution in [0.3, 0.4) is 0 Å². The first-order valence-corrected chi connectivity index (χ1v) is 7.07. The molecule has 0 bridgehead atoms. The summed E-state index contributed by atoms with van der Waals surface area (Å²) in [5.74, 6) is -0.193. The van der Waals surface area contributed by atoms with E-state index in [0.717, 1.165) is 11.1 Å². The predicted molar refractivity (Wildman–Crippen MR) is 84.3 cm³/mol. The summed E-state index contributed by atoms with van der Waals surface area (Å²) in [5.41, 5.74) is 4.09. The number of nitrogens with one attached hydrogen (secondary N) is 1. The fourth-order valence-electron chi connectivity index (χ4n) is 2.30. The van der Waals surface area contributed by atoms with E-state index >= 15 is 0 Å². The minimum atomic E-state index is -0.193. The summed E-state index contributed by atoms with van der Waals surface area (Å²) in [6.45, 7) is 2.50. The topological polar surface area (TPSA) is 55.1 Å². The number of aromatic nitrogens is 1. The van der Waals surface area contributed by atoms with Crippen LogP contribution < -0.4 is 5.32 Å². The summed E-state index contributed by atoms with van der Waals surface area (Å²) in [6, 6.07) is 17.6. The number of amides is 1. The van der Waals surface area contributed by atoms with Gasteiger partial charge in [0, 0.05) is 12.1 Å². The maximum Gasteiger partial charge on any atom is 0.257 e. The molecule has 2 aromatic carbocycles. The van der Waals surface area contributed by atoms with Gasteiger partial charge in [-0.3, -0.25) is 4.79 Å². The first kappa shape index (κ1) is 14.1. The summed E-state index contributed by atoms with van der Waals surface area (Å²) >= 11 is 0. The van der Waals surface area contributed by atoms with Gasteiger partial charge in [-0.2, -0.15) is 0 Å². The van der Waals surface area contributed by atoms with Crippen LogP contribution >= 0.6 is 0 Å². The summed E-state index contributed by atoms with van der Waals surface area (Å²) in [6.07, 6.45) is 1.38. The Morgan fingerprint density at radius 2 is 1.95 bits per heavy atom. The van der Waals surface area contributed by atoms with E-state index in [1.54, 1.807) is 0 Å². The zero-order valence-corrected chi connectivity index (χ0v) is 12.2. The van der Waals surface area contributed by atoms with Gasteiger partial charge in [0.25, 0.3) is 5.91 Å². The minimum absolute atomic E-state index is 0.193. The number of nitrogens with zero attached hydrogens (tertiary/aromatic N) is 1. The summed E-state index contributed by atoms with van der Waals surface area (Å²) in [5, 5.41) is 6.84. The molecule has 0 atom stereocenters. The Bertz CT molecular complexity index is 779. The zero-order chi connectivity index (χ0) is 15.4. The molecule has 3 aromatic rings. The maximum absolute atomic E-state index is 12.3. The van der Waals surface area contributed by atoms with Crippen LogP contribution in [-0.4, -0.2) is 11.1 Å². The highest BCUT2D eigenvalue weighted by atomic mass is 16.5. The van der Waals surface area contributed by atoms with Gasteiger partial charge in [-0.15, -0.1) is 0 Å². The Kier molecular flexibility index (Phi) is 4.01. The van der Waals surface area contributed by atoms with Crippen LogP contribution in [0.2, 0.25) is 0 Å². The van der Waals surface area contributed by atoms with Crippen LogP contribution in [0.4, 0.5) is 0 Å². The maximum atomic E-state index is 12.3. The van der Waals surface area contributed by atoms with E-state index in [9.17, 15) is 4.79 Å². The molecular formula is C18H16N2O2. The van der Waals surface area contributed by atoms with Gasteiger partial charge in [0.1, 0.15) is 17.5 Å². The largest absolute Gasteiger partial charge is 0.363 e. The van der Waals surface area contributed by atoms with Crippen molar-refractivity contribution in [3.05, 3.63) is 77.6 Å². The van der Waals surface area contributed by atoms with Crippen molar-refractivity contribution in [3.8, 4) is 11.3 Å². The summed E-state index contributed by atoms with van der Waals surface area (Å²) in [4.78, 5) is 12.3. The summed E-state index contributed by atoms with van der Waals surface area (Å²) < 4.78 is 4.98. The Labute approximate surface area is 128 Å². The van der Waals surface area contributed by atoms with Crippen LogP contribution in [0.15, 0.2) is 65.4 Å². The Morgan fingerprint density at radius 1 is 1.14 bits per heavy atom. The standard InChI is InChI=1S/C18H16N2O2/c1-13-6-5-7-14(10-13)11-19-18(21)16-12-22-20-17(16)15-8-3-2-4-9-15/h2-10,12H,11H2,1H3,(H,19,21). The zero-order valence-electron chi connectivity index (χ0n) is 12.2. The molecule has 0 aliphatic heterocycles. The van der Waals surface area contributed by atoms with E-state index in [-0.39, 0.29) is 5.91 Å². The van der Waals surface area contributed by atoms with Gasteiger partial charge < -0.3 is 9.84 Å². The molecule has 1 heterocycles. The third-order valence-corrected chi connectivity index (χ3v) is 3.40. The molecule has 0 unspecified atom stereocenters. The molecule has 3 rings (SSSR count). The van der Waals surface area contributed by atoms with E-state index in [2.05, 4.69) is 10.5 Å². The van der Waals surface area contributed by atoms with Crippen molar-refractivity contribution in [1.82, 2.24) is 10.5 Å². The molecule has 110 valence electrons. The van der Waals surface area contributed by atoms with Crippen molar-refractivity contribution < 1.29 is 9.32 Å². The Morgan fingerprint density at radius 3 is 2.73 bits per heavy atom. The van der Waals surface area contributed by atoms with Gasteiger partial charge >= 0.3 is 0 Å². The lowest BCUT2D eigenvalue weighted by Gasteiger charge is -2.06. The van der Waals surface area contributed by atoms with E-state index in [1.807, 2.05) is 61.5 Å². The average molecular weight is 292 g/mol. The van der Waals surface area contributed by atoms with Crippen molar-refractivity contribution in [2.24, 2.45) is 0 Å². The highest BCUT2D eigenvalue weighted by Gasteiger charge is 2.16. The van der Waals surface area contributed by atoms with Crippen LogP contribution in [0, 0.1) is 6.92 Å². The molecule has 22 heavy (non-hydrogen) atoms. The van der Waals surface area contributed by atoms with Crippen LogP contribution in [0.1, 0.15) is 21.5 Å². The first-order valence-electron chi connectivity index (χ1n) is 7.07. The van der Waals surface area contributed by atoms with Crippen LogP contribution in [0.25, 0.3) is 11.3 Å². The number of hydrogen-bond acceptors (Lipinski definition) is 3. The highest BCUT2D eigenvalue weighted by molar-refractivity contribution is 5.99. The fraction of sp³-hybridized carbons (Fsp3) is 0.111. The smallest absolute Gasteiger partial charge is 0.257 e. The first-order chi connectivity index (χ1) is 10.7.